The van der Waals surface area contributed by atoms with Crippen LogP contribution in [0, 0.1) is 0 Å². The van der Waals surface area contributed by atoms with Gasteiger partial charge in [-0.15, -0.1) is 0 Å². The number of nitrogens with one attached hydrogen (secondary N) is 2. The summed E-state index contributed by atoms with van der Waals surface area (Å²) in [6.07, 6.45) is -0.593. The number of hydrogen-bond donors (Lipinski definition) is 3. The second-order valence-electron chi connectivity index (χ2n) is 7.62. The normalized spacial score (nSPS) is 11.3. The lowest BCUT2D eigenvalue weighted by Gasteiger charge is -2.20. The number of amides is 1. The van der Waals surface area contributed by atoms with Gasteiger partial charge >= 0.3 is 12.1 Å². The van der Waals surface area contributed by atoms with E-state index in [1.165, 1.54) is 0 Å². The van der Waals surface area contributed by atoms with Gasteiger partial charge in [-0.1, -0.05) is 36.4 Å². The molecule has 7 nitrogen and oxygen atoms in total. The molecule has 3 rings (SSSR count). The second kappa shape index (κ2) is 7.79. The third-order valence-corrected chi connectivity index (χ3v) is 4.25. The van der Waals surface area contributed by atoms with Crippen LogP contribution in [0.2, 0.25) is 0 Å². The van der Waals surface area contributed by atoms with Gasteiger partial charge in [-0.05, 0) is 38.5 Å². The molecule has 0 radical (unpaired) electrons. The van der Waals surface area contributed by atoms with E-state index < -0.39 is 23.2 Å². The molecule has 1 amide bonds. The number of anilines is 1. The number of pyridine rings is 1. The maximum Gasteiger partial charge on any atom is 0.412 e. The van der Waals surface area contributed by atoms with Crippen LogP contribution in [-0.2, 0) is 11.2 Å². The van der Waals surface area contributed by atoms with Gasteiger partial charge in [0.25, 0.3) is 5.56 Å². The van der Waals surface area contributed by atoms with Crippen LogP contribution in [0.1, 0.15) is 42.3 Å². The van der Waals surface area contributed by atoms with Crippen molar-refractivity contribution >= 4 is 28.7 Å². The maximum atomic E-state index is 12.7. The summed E-state index contributed by atoms with van der Waals surface area (Å²) < 4.78 is 5.28. The molecule has 0 saturated carbocycles. The summed E-state index contributed by atoms with van der Waals surface area (Å²) in [6.45, 7) is 5.27. The molecule has 0 bridgehead atoms. The minimum atomic E-state index is -1.18. The molecule has 7 heteroatoms. The average molecular weight is 394 g/mol. The molecule has 0 atom stereocenters. The fourth-order valence-corrected chi connectivity index (χ4v) is 3.10. The Morgan fingerprint density at radius 3 is 2.41 bits per heavy atom. The Morgan fingerprint density at radius 1 is 1.07 bits per heavy atom. The number of carbonyl (C=O) groups is 2. The van der Waals surface area contributed by atoms with Crippen molar-refractivity contribution in [3.8, 4) is 0 Å². The zero-order valence-corrected chi connectivity index (χ0v) is 16.4. The molecule has 3 aromatic rings. The minimum Gasteiger partial charge on any atom is -0.478 e. The smallest absolute Gasteiger partial charge is 0.412 e. The molecule has 0 saturated heterocycles. The molecule has 2 aromatic carbocycles. The zero-order chi connectivity index (χ0) is 21.2. The van der Waals surface area contributed by atoms with Gasteiger partial charge in [0, 0.05) is 28.6 Å². The lowest BCUT2D eigenvalue weighted by molar-refractivity contribution is 0.0633. The van der Waals surface area contributed by atoms with E-state index in [2.05, 4.69) is 10.3 Å². The first kappa shape index (κ1) is 20.1. The van der Waals surface area contributed by atoms with Crippen LogP contribution in [0.3, 0.4) is 0 Å². The molecule has 0 aliphatic carbocycles. The van der Waals surface area contributed by atoms with Gasteiger partial charge in [-0.3, -0.25) is 10.1 Å². The predicted molar refractivity (Wildman–Crippen MR) is 111 cm³/mol. The number of ether oxygens (including phenoxy) is 1. The number of rotatable bonds is 4. The summed E-state index contributed by atoms with van der Waals surface area (Å²) in [5.74, 6) is -1.18. The molecule has 0 spiro atoms. The fraction of sp³-hybridized carbons (Fsp3) is 0.227. The molecule has 1 aromatic heterocycles. The number of aromatic amines is 1. The van der Waals surface area contributed by atoms with Crippen LogP contribution < -0.4 is 10.9 Å². The van der Waals surface area contributed by atoms with E-state index in [-0.39, 0.29) is 17.5 Å². The average Bonchev–Trinajstić information content (AvgIpc) is 2.61. The van der Waals surface area contributed by atoms with E-state index in [1.54, 1.807) is 69.3 Å². The summed E-state index contributed by atoms with van der Waals surface area (Å²) in [5.41, 5.74) is 0.440. The third-order valence-electron chi connectivity index (χ3n) is 4.25. The molecular formula is C22H22N2O5. The quantitative estimate of drug-likeness (QED) is 0.616. The first-order valence-electron chi connectivity index (χ1n) is 9.11. The lowest BCUT2D eigenvalue weighted by Crippen LogP contribution is -2.27. The Labute approximate surface area is 167 Å². The lowest BCUT2D eigenvalue weighted by atomic mass is 9.97. The number of fused-ring (bicyclic) bond motifs is 1. The summed E-state index contributed by atoms with van der Waals surface area (Å²) in [4.78, 5) is 39.5. The Hall–Kier alpha value is -3.61. The standard InChI is InChI=1S/C22H22N2O5/c1-22(2,3)29-21(28)24-16-10-6-4-8-13(16)12-15-18(20(26)27)14-9-5-7-11-17(14)23-19(15)25/h4-11H,12H2,1-3H3,(H,23,25)(H,24,28)(H,26,27). The molecule has 0 fully saturated rings. The van der Waals surface area contributed by atoms with Crippen molar-refractivity contribution < 1.29 is 19.4 Å². The Bertz CT molecular complexity index is 1140. The van der Waals surface area contributed by atoms with E-state index in [0.29, 0.717) is 22.2 Å². The minimum absolute atomic E-state index is 0.0355. The topological polar surface area (TPSA) is 108 Å². The number of aromatic carboxylic acids is 1. The van der Waals surface area contributed by atoms with Crippen molar-refractivity contribution in [3.63, 3.8) is 0 Å². The first-order chi connectivity index (χ1) is 13.7. The van der Waals surface area contributed by atoms with E-state index in [1.807, 2.05) is 0 Å². The molecule has 1 heterocycles. The highest BCUT2D eigenvalue weighted by atomic mass is 16.6. The van der Waals surface area contributed by atoms with Gasteiger partial charge in [0.1, 0.15) is 5.60 Å². The summed E-state index contributed by atoms with van der Waals surface area (Å²) in [5, 5.41) is 12.9. The van der Waals surface area contributed by atoms with Crippen molar-refractivity contribution in [1.82, 2.24) is 4.98 Å². The highest BCUT2D eigenvalue weighted by Gasteiger charge is 2.21. The number of H-pyrrole nitrogens is 1. The number of para-hydroxylation sites is 2. The van der Waals surface area contributed by atoms with Crippen molar-refractivity contribution in [3.05, 3.63) is 75.6 Å². The summed E-state index contributed by atoms with van der Waals surface area (Å²) >= 11 is 0. The van der Waals surface area contributed by atoms with Crippen LogP contribution in [0.15, 0.2) is 53.3 Å². The third kappa shape index (κ3) is 4.63. The van der Waals surface area contributed by atoms with Crippen LogP contribution >= 0.6 is 0 Å². The number of carboxylic acid groups (broad SMARTS) is 1. The van der Waals surface area contributed by atoms with Crippen molar-refractivity contribution in [1.29, 1.82) is 0 Å². The molecule has 150 valence electrons. The van der Waals surface area contributed by atoms with E-state index in [4.69, 9.17) is 4.74 Å². The van der Waals surface area contributed by atoms with Gasteiger partial charge in [-0.25, -0.2) is 9.59 Å². The van der Waals surface area contributed by atoms with Crippen LogP contribution in [0.5, 0.6) is 0 Å². The molecular weight excluding hydrogens is 372 g/mol. The van der Waals surface area contributed by atoms with Crippen molar-refractivity contribution in [2.75, 3.05) is 5.32 Å². The summed E-state index contributed by atoms with van der Waals surface area (Å²) in [7, 11) is 0. The predicted octanol–water partition coefficient (Wildman–Crippen LogP) is 4.16. The molecule has 0 aliphatic heterocycles. The van der Waals surface area contributed by atoms with Gasteiger partial charge in [0.05, 0.1) is 5.56 Å². The molecule has 29 heavy (non-hydrogen) atoms. The number of aromatic nitrogens is 1. The largest absolute Gasteiger partial charge is 0.478 e. The summed E-state index contributed by atoms with van der Waals surface area (Å²) in [6, 6.07) is 13.7. The molecule has 0 unspecified atom stereocenters. The maximum absolute atomic E-state index is 12.7. The Balaban J connectivity index is 2.03. The van der Waals surface area contributed by atoms with Gasteiger partial charge in [0.2, 0.25) is 0 Å². The SMILES string of the molecule is CC(C)(C)OC(=O)Nc1ccccc1Cc1c(C(=O)O)c2ccccc2[nH]c1=O. The van der Waals surface area contributed by atoms with Crippen LogP contribution in [-0.4, -0.2) is 27.8 Å². The van der Waals surface area contributed by atoms with Gasteiger partial charge in [-0.2, -0.15) is 0 Å². The van der Waals surface area contributed by atoms with Crippen LogP contribution in [0.4, 0.5) is 10.5 Å². The van der Waals surface area contributed by atoms with Gasteiger partial charge < -0.3 is 14.8 Å². The number of hydrogen-bond acceptors (Lipinski definition) is 4. The van der Waals surface area contributed by atoms with E-state index >= 15 is 0 Å². The first-order valence-corrected chi connectivity index (χ1v) is 9.11. The van der Waals surface area contributed by atoms with Gasteiger partial charge in [0.15, 0.2) is 0 Å². The number of benzene rings is 2. The zero-order valence-electron chi connectivity index (χ0n) is 16.4. The number of carbonyl (C=O) groups excluding carboxylic acids is 1. The molecule has 0 aliphatic rings. The fourth-order valence-electron chi connectivity index (χ4n) is 3.10. The van der Waals surface area contributed by atoms with Crippen molar-refractivity contribution in [2.45, 2.75) is 32.8 Å². The van der Waals surface area contributed by atoms with Crippen LogP contribution in [0.25, 0.3) is 10.9 Å². The second-order valence-corrected chi connectivity index (χ2v) is 7.62. The highest BCUT2D eigenvalue weighted by Crippen LogP contribution is 2.24. The monoisotopic (exact) mass is 394 g/mol. The Kier molecular flexibility index (Phi) is 5.41. The van der Waals surface area contributed by atoms with E-state index in [9.17, 15) is 19.5 Å². The number of carboxylic acids is 1. The highest BCUT2D eigenvalue weighted by molar-refractivity contribution is 6.03. The van der Waals surface area contributed by atoms with E-state index in [0.717, 1.165) is 0 Å². The Morgan fingerprint density at radius 2 is 1.72 bits per heavy atom. The van der Waals surface area contributed by atoms with Crippen molar-refractivity contribution in [2.24, 2.45) is 0 Å². The molecule has 3 N–H and O–H groups in total.